The zero-order valence-electron chi connectivity index (χ0n) is 13.1. The topological polar surface area (TPSA) is 39.6 Å². The van der Waals surface area contributed by atoms with Gasteiger partial charge in [0, 0.05) is 50.5 Å². The second-order valence-corrected chi connectivity index (χ2v) is 6.41. The zero-order valence-corrected chi connectivity index (χ0v) is 13.9. The van der Waals surface area contributed by atoms with Crippen LogP contribution >= 0.6 is 11.6 Å². The molecule has 1 saturated heterocycles. The van der Waals surface area contributed by atoms with Gasteiger partial charge < -0.3 is 5.11 Å². The largest absolute Gasteiger partial charge is 0.387 e. The molecular weight excluding hydrogens is 310 g/mol. The minimum atomic E-state index is -0.490. The molecule has 1 fully saturated rings. The van der Waals surface area contributed by atoms with Gasteiger partial charge in [-0.3, -0.25) is 14.8 Å². The van der Waals surface area contributed by atoms with E-state index in [0.717, 1.165) is 44.0 Å². The van der Waals surface area contributed by atoms with Crippen LogP contribution in [0.25, 0.3) is 0 Å². The summed E-state index contributed by atoms with van der Waals surface area (Å²) < 4.78 is 0. The maximum absolute atomic E-state index is 10.4. The Bertz CT molecular complexity index is 615. The fourth-order valence-electron chi connectivity index (χ4n) is 2.91. The maximum Gasteiger partial charge on any atom is 0.0917 e. The maximum atomic E-state index is 10.4. The van der Waals surface area contributed by atoms with Crippen molar-refractivity contribution < 1.29 is 5.11 Å². The van der Waals surface area contributed by atoms with Gasteiger partial charge in [-0.05, 0) is 29.8 Å². The second kappa shape index (κ2) is 7.88. The number of aromatic nitrogens is 1. The molecule has 0 aliphatic carbocycles. The minimum absolute atomic E-state index is 0.490. The van der Waals surface area contributed by atoms with Crippen molar-refractivity contribution >= 4 is 11.6 Å². The fraction of sp³-hybridized carbons (Fsp3) is 0.389. The van der Waals surface area contributed by atoms with Crippen LogP contribution in [-0.4, -0.2) is 52.6 Å². The van der Waals surface area contributed by atoms with Crippen LogP contribution in [0.15, 0.2) is 48.7 Å². The lowest BCUT2D eigenvalue weighted by Crippen LogP contribution is -2.47. The van der Waals surface area contributed by atoms with Gasteiger partial charge in [0.2, 0.25) is 0 Å². The quantitative estimate of drug-likeness (QED) is 0.914. The number of piperazine rings is 1. The van der Waals surface area contributed by atoms with Crippen LogP contribution in [0.4, 0.5) is 0 Å². The van der Waals surface area contributed by atoms with Crippen LogP contribution in [0.3, 0.4) is 0 Å². The monoisotopic (exact) mass is 331 g/mol. The van der Waals surface area contributed by atoms with Gasteiger partial charge in [-0.25, -0.2) is 0 Å². The molecule has 1 aromatic carbocycles. The number of aliphatic hydroxyl groups excluding tert-OH is 1. The highest BCUT2D eigenvalue weighted by molar-refractivity contribution is 6.30. The molecule has 5 heteroatoms. The summed E-state index contributed by atoms with van der Waals surface area (Å²) in [6.45, 7) is 5.47. The van der Waals surface area contributed by atoms with Crippen molar-refractivity contribution in [1.82, 2.24) is 14.8 Å². The van der Waals surface area contributed by atoms with Gasteiger partial charge in [0.05, 0.1) is 11.8 Å². The lowest BCUT2D eigenvalue weighted by molar-refractivity contribution is 0.0697. The van der Waals surface area contributed by atoms with Crippen molar-refractivity contribution in [2.75, 3.05) is 32.7 Å². The predicted octanol–water partition coefficient (Wildman–Crippen LogP) is 2.59. The number of hydrogen-bond donors (Lipinski definition) is 1. The fourth-order valence-corrected chi connectivity index (χ4v) is 3.11. The van der Waals surface area contributed by atoms with Gasteiger partial charge in [-0.1, -0.05) is 29.8 Å². The van der Waals surface area contributed by atoms with Crippen molar-refractivity contribution in [1.29, 1.82) is 0 Å². The van der Waals surface area contributed by atoms with E-state index in [0.29, 0.717) is 11.6 Å². The molecule has 1 atom stereocenters. The van der Waals surface area contributed by atoms with Gasteiger partial charge in [-0.15, -0.1) is 0 Å². The Labute approximate surface area is 142 Å². The lowest BCUT2D eigenvalue weighted by atomic mass is 10.1. The van der Waals surface area contributed by atoms with Crippen molar-refractivity contribution in [3.63, 3.8) is 0 Å². The van der Waals surface area contributed by atoms with E-state index in [-0.39, 0.29) is 0 Å². The van der Waals surface area contributed by atoms with Crippen LogP contribution in [0.2, 0.25) is 5.02 Å². The molecule has 3 rings (SSSR count). The normalized spacial score (nSPS) is 18.0. The number of β-amino-alcohol motifs (C(OH)–C–C–N with tert-alkyl or cyclic N) is 1. The van der Waals surface area contributed by atoms with Crippen LogP contribution < -0.4 is 0 Å². The average molecular weight is 332 g/mol. The Kier molecular flexibility index (Phi) is 5.62. The molecule has 1 aliphatic rings. The highest BCUT2D eigenvalue weighted by atomic mass is 35.5. The smallest absolute Gasteiger partial charge is 0.0917 e. The molecule has 1 aromatic heterocycles. The molecular formula is C18H22ClN3O. The van der Waals surface area contributed by atoms with E-state index in [1.807, 2.05) is 42.6 Å². The van der Waals surface area contributed by atoms with Crippen molar-refractivity contribution in [2.24, 2.45) is 0 Å². The predicted molar refractivity (Wildman–Crippen MR) is 92.4 cm³/mol. The van der Waals surface area contributed by atoms with Crippen molar-refractivity contribution in [3.8, 4) is 0 Å². The van der Waals surface area contributed by atoms with E-state index in [1.165, 1.54) is 0 Å². The number of nitrogens with zero attached hydrogens (tertiary/aromatic N) is 3. The van der Waals surface area contributed by atoms with Crippen molar-refractivity contribution in [2.45, 2.75) is 12.6 Å². The summed E-state index contributed by atoms with van der Waals surface area (Å²) in [6, 6.07) is 13.5. The third-order valence-electron chi connectivity index (χ3n) is 4.24. The third-order valence-corrected chi connectivity index (χ3v) is 4.48. The van der Waals surface area contributed by atoms with E-state index < -0.39 is 6.10 Å². The van der Waals surface area contributed by atoms with E-state index in [9.17, 15) is 5.11 Å². The molecule has 0 saturated carbocycles. The summed E-state index contributed by atoms with van der Waals surface area (Å²) >= 11 is 5.99. The third kappa shape index (κ3) is 4.75. The summed E-state index contributed by atoms with van der Waals surface area (Å²) in [5.74, 6) is 0. The van der Waals surface area contributed by atoms with Gasteiger partial charge in [0.25, 0.3) is 0 Å². The van der Waals surface area contributed by atoms with Crippen LogP contribution in [0, 0.1) is 0 Å². The molecule has 0 radical (unpaired) electrons. The molecule has 23 heavy (non-hydrogen) atoms. The van der Waals surface area contributed by atoms with Gasteiger partial charge in [0.15, 0.2) is 0 Å². The Morgan fingerprint density at radius 2 is 1.83 bits per heavy atom. The van der Waals surface area contributed by atoms with E-state index in [2.05, 4.69) is 20.9 Å². The first-order chi connectivity index (χ1) is 11.2. The molecule has 0 amide bonds. The van der Waals surface area contributed by atoms with Crippen LogP contribution in [0.1, 0.15) is 17.4 Å². The van der Waals surface area contributed by atoms with E-state index in [1.54, 1.807) is 0 Å². The molecule has 4 nitrogen and oxygen atoms in total. The first-order valence-electron chi connectivity index (χ1n) is 7.99. The molecule has 2 aromatic rings. The number of halogens is 1. The molecule has 0 bridgehead atoms. The molecule has 2 heterocycles. The van der Waals surface area contributed by atoms with E-state index in [4.69, 9.17) is 11.6 Å². The summed E-state index contributed by atoms with van der Waals surface area (Å²) in [6.07, 6.45) is 1.35. The van der Waals surface area contributed by atoms with Gasteiger partial charge in [0.1, 0.15) is 0 Å². The minimum Gasteiger partial charge on any atom is -0.387 e. The summed E-state index contributed by atoms with van der Waals surface area (Å²) in [7, 11) is 0. The number of benzene rings is 1. The number of pyridine rings is 1. The Morgan fingerprint density at radius 1 is 1.04 bits per heavy atom. The van der Waals surface area contributed by atoms with Gasteiger partial charge in [-0.2, -0.15) is 0 Å². The van der Waals surface area contributed by atoms with Crippen LogP contribution in [0.5, 0.6) is 0 Å². The molecule has 0 spiro atoms. The summed E-state index contributed by atoms with van der Waals surface area (Å²) in [5, 5.41) is 11.0. The average Bonchev–Trinajstić information content (AvgIpc) is 2.57. The molecule has 1 unspecified atom stereocenters. The summed E-state index contributed by atoms with van der Waals surface area (Å²) in [5.41, 5.74) is 1.99. The molecule has 1 aliphatic heterocycles. The number of rotatable bonds is 5. The first kappa shape index (κ1) is 16.4. The standard InChI is InChI=1S/C18H22ClN3O/c19-16-5-3-4-15(12-16)18(23)14-22-10-8-21(9-11-22)13-17-6-1-2-7-20-17/h1-7,12,18,23H,8-11,13-14H2. The SMILES string of the molecule is OC(CN1CCN(Cc2ccccn2)CC1)c1cccc(Cl)c1. The summed E-state index contributed by atoms with van der Waals surface area (Å²) in [4.78, 5) is 9.09. The van der Waals surface area contributed by atoms with E-state index >= 15 is 0 Å². The number of hydrogen-bond acceptors (Lipinski definition) is 4. The zero-order chi connectivity index (χ0) is 16.1. The molecule has 122 valence electrons. The lowest BCUT2D eigenvalue weighted by Gasteiger charge is -2.35. The Balaban J connectivity index is 1.47. The van der Waals surface area contributed by atoms with Crippen LogP contribution in [-0.2, 0) is 6.54 Å². The second-order valence-electron chi connectivity index (χ2n) is 5.97. The molecule has 1 N–H and O–H groups in total. The Morgan fingerprint density at radius 3 is 2.52 bits per heavy atom. The first-order valence-corrected chi connectivity index (χ1v) is 8.36. The highest BCUT2D eigenvalue weighted by Crippen LogP contribution is 2.19. The van der Waals surface area contributed by atoms with Gasteiger partial charge >= 0.3 is 0 Å². The van der Waals surface area contributed by atoms with Crippen molar-refractivity contribution in [3.05, 3.63) is 64.9 Å². The highest BCUT2D eigenvalue weighted by Gasteiger charge is 2.20. The number of aliphatic hydroxyl groups is 1. The Hall–Kier alpha value is -1.46.